The lowest BCUT2D eigenvalue weighted by Crippen LogP contribution is -2.45. The summed E-state index contributed by atoms with van der Waals surface area (Å²) in [6, 6.07) is 7.40. The minimum atomic E-state index is -0.538. The van der Waals surface area contributed by atoms with Crippen molar-refractivity contribution < 1.29 is 23.9 Å². The number of amides is 2. The zero-order valence-corrected chi connectivity index (χ0v) is 15.8. The highest BCUT2D eigenvalue weighted by Gasteiger charge is 2.45. The van der Waals surface area contributed by atoms with E-state index in [9.17, 15) is 14.4 Å². The van der Waals surface area contributed by atoms with Crippen LogP contribution in [0.4, 0.5) is 4.79 Å². The van der Waals surface area contributed by atoms with E-state index in [0.29, 0.717) is 0 Å². The van der Waals surface area contributed by atoms with Crippen LogP contribution in [0.3, 0.4) is 0 Å². The maximum atomic E-state index is 12.3. The van der Waals surface area contributed by atoms with Gasteiger partial charge in [0.1, 0.15) is 6.61 Å². The Morgan fingerprint density at radius 1 is 1.31 bits per heavy atom. The van der Waals surface area contributed by atoms with Gasteiger partial charge in [-0.15, -0.1) is 0 Å². The van der Waals surface area contributed by atoms with Crippen LogP contribution in [0.25, 0.3) is 0 Å². The lowest BCUT2D eigenvalue weighted by Gasteiger charge is -2.21. The lowest BCUT2D eigenvalue weighted by atomic mass is 10.1. The van der Waals surface area contributed by atoms with Gasteiger partial charge in [-0.3, -0.25) is 4.79 Å². The Kier molecular flexibility index (Phi) is 5.61. The predicted molar refractivity (Wildman–Crippen MR) is 96.1 cm³/mol. The number of carbonyl (C=O) groups excluding carboxylic acids is 3. The third-order valence-corrected chi connectivity index (χ3v) is 4.80. The molecule has 0 aromatic heterocycles. The van der Waals surface area contributed by atoms with E-state index in [1.807, 2.05) is 24.3 Å². The number of hydrogen-bond acceptors (Lipinski definition) is 5. The van der Waals surface area contributed by atoms with Crippen LogP contribution in [0.2, 0.25) is 0 Å². The Morgan fingerprint density at radius 2 is 2.12 bits per heavy atom. The van der Waals surface area contributed by atoms with Crippen molar-refractivity contribution in [1.29, 1.82) is 0 Å². The second kappa shape index (κ2) is 7.90. The number of carbonyl (C=O) groups is 3. The third kappa shape index (κ3) is 4.24. The standard InChI is InChI=1S/C18H19BrN2O5/c1-2-25-17(23)14-8-20-18(24)21-15(14)9-26-16(22)13-7-12(13)10-4-3-5-11(19)6-10/h3-6,12-13H,2,7-9H2,1H3,(H2,20,21,24)/t12-,13-/m1/s1. The lowest BCUT2D eigenvalue weighted by molar-refractivity contribution is -0.145. The molecule has 1 aliphatic carbocycles. The van der Waals surface area contributed by atoms with Crippen LogP contribution in [0.1, 0.15) is 24.8 Å². The SMILES string of the molecule is CCOC(=O)C1=C(COC(=O)[C@@H]2C[C@@H]2c2cccc(Br)c2)NC(=O)NC1. The van der Waals surface area contributed by atoms with E-state index in [1.54, 1.807) is 6.92 Å². The van der Waals surface area contributed by atoms with Crippen molar-refractivity contribution in [3.63, 3.8) is 0 Å². The van der Waals surface area contributed by atoms with Crippen molar-refractivity contribution >= 4 is 33.9 Å². The van der Waals surface area contributed by atoms with Crippen molar-refractivity contribution in [2.24, 2.45) is 5.92 Å². The van der Waals surface area contributed by atoms with E-state index >= 15 is 0 Å². The third-order valence-electron chi connectivity index (χ3n) is 4.31. The number of ether oxygens (including phenoxy) is 2. The van der Waals surface area contributed by atoms with Gasteiger partial charge in [0.05, 0.1) is 30.3 Å². The second-order valence-corrected chi connectivity index (χ2v) is 7.01. The molecule has 3 rings (SSSR count). The van der Waals surface area contributed by atoms with Crippen LogP contribution in [0.5, 0.6) is 0 Å². The molecule has 1 aliphatic heterocycles. The molecule has 1 heterocycles. The minimum absolute atomic E-state index is 0.0433. The van der Waals surface area contributed by atoms with Crippen molar-refractivity contribution in [2.45, 2.75) is 19.3 Å². The Bertz CT molecular complexity index is 777. The number of hydrogen-bond donors (Lipinski definition) is 2. The van der Waals surface area contributed by atoms with Gasteiger partial charge in [0.2, 0.25) is 0 Å². The van der Waals surface area contributed by atoms with Crippen LogP contribution < -0.4 is 10.6 Å². The molecular formula is C18H19BrN2O5. The zero-order chi connectivity index (χ0) is 18.7. The molecular weight excluding hydrogens is 404 g/mol. The molecule has 0 spiro atoms. The maximum Gasteiger partial charge on any atom is 0.337 e. The molecule has 2 atom stereocenters. The Balaban J connectivity index is 1.61. The molecule has 2 amide bonds. The van der Waals surface area contributed by atoms with E-state index in [-0.39, 0.29) is 48.8 Å². The van der Waals surface area contributed by atoms with Crippen LogP contribution in [0.15, 0.2) is 40.0 Å². The van der Waals surface area contributed by atoms with Gasteiger partial charge < -0.3 is 20.1 Å². The summed E-state index contributed by atoms with van der Waals surface area (Å²) in [4.78, 5) is 35.8. The van der Waals surface area contributed by atoms with Gasteiger partial charge in [0, 0.05) is 4.47 Å². The molecule has 2 N–H and O–H groups in total. The molecule has 1 saturated carbocycles. The molecule has 1 aromatic rings. The number of benzene rings is 1. The van der Waals surface area contributed by atoms with Crippen LogP contribution in [0, 0.1) is 5.92 Å². The van der Waals surface area contributed by atoms with Gasteiger partial charge in [-0.05, 0) is 37.0 Å². The summed E-state index contributed by atoms with van der Waals surface area (Å²) in [5.41, 5.74) is 1.61. The normalized spacial score (nSPS) is 21.5. The molecule has 138 valence electrons. The van der Waals surface area contributed by atoms with E-state index in [1.165, 1.54) is 0 Å². The predicted octanol–water partition coefficient (Wildman–Crippen LogP) is 2.23. The molecule has 2 aliphatic rings. The minimum Gasteiger partial charge on any atom is -0.463 e. The first-order valence-electron chi connectivity index (χ1n) is 8.35. The summed E-state index contributed by atoms with van der Waals surface area (Å²) in [5, 5.41) is 5.02. The van der Waals surface area contributed by atoms with Crippen LogP contribution in [-0.4, -0.2) is 37.7 Å². The number of nitrogens with one attached hydrogen (secondary N) is 2. The highest BCUT2D eigenvalue weighted by molar-refractivity contribution is 9.10. The average molecular weight is 423 g/mol. The van der Waals surface area contributed by atoms with Crippen molar-refractivity contribution in [3.8, 4) is 0 Å². The van der Waals surface area contributed by atoms with Crippen molar-refractivity contribution in [1.82, 2.24) is 10.6 Å². The van der Waals surface area contributed by atoms with Crippen LogP contribution in [-0.2, 0) is 19.1 Å². The number of urea groups is 1. The van der Waals surface area contributed by atoms with Gasteiger partial charge in [-0.25, -0.2) is 9.59 Å². The molecule has 1 aromatic carbocycles. The van der Waals surface area contributed by atoms with Crippen molar-refractivity contribution in [2.75, 3.05) is 19.8 Å². The fourth-order valence-electron chi connectivity index (χ4n) is 2.88. The summed E-state index contributed by atoms with van der Waals surface area (Å²) in [5.74, 6) is -0.933. The van der Waals surface area contributed by atoms with E-state index < -0.39 is 12.0 Å². The number of halogens is 1. The van der Waals surface area contributed by atoms with Gasteiger partial charge >= 0.3 is 18.0 Å². The molecule has 0 unspecified atom stereocenters. The average Bonchev–Trinajstić information content (AvgIpc) is 3.41. The molecule has 0 radical (unpaired) electrons. The molecule has 0 saturated heterocycles. The Labute approximate surface area is 159 Å². The van der Waals surface area contributed by atoms with E-state index in [0.717, 1.165) is 16.5 Å². The fraction of sp³-hybridized carbons (Fsp3) is 0.389. The Morgan fingerprint density at radius 3 is 2.85 bits per heavy atom. The Hall–Kier alpha value is -2.35. The first-order chi connectivity index (χ1) is 12.5. The smallest absolute Gasteiger partial charge is 0.337 e. The van der Waals surface area contributed by atoms with Gasteiger partial charge in [0.25, 0.3) is 0 Å². The maximum absolute atomic E-state index is 12.3. The summed E-state index contributed by atoms with van der Waals surface area (Å²) < 4.78 is 11.3. The first-order valence-corrected chi connectivity index (χ1v) is 9.15. The first kappa shape index (κ1) is 18.4. The van der Waals surface area contributed by atoms with Gasteiger partial charge in [-0.1, -0.05) is 28.1 Å². The summed E-state index contributed by atoms with van der Waals surface area (Å²) in [7, 11) is 0. The highest BCUT2D eigenvalue weighted by Crippen LogP contribution is 2.48. The highest BCUT2D eigenvalue weighted by atomic mass is 79.9. The number of rotatable bonds is 6. The summed E-state index contributed by atoms with van der Waals surface area (Å²) in [6.45, 7) is 1.80. The molecule has 8 heteroatoms. The van der Waals surface area contributed by atoms with Crippen molar-refractivity contribution in [3.05, 3.63) is 45.6 Å². The topological polar surface area (TPSA) is 93.7 Å². The quantitative estimate of drug-likeness (QED) is 0.685. The molecule has 1 fully saturated rings. The molecule has 26 heavy (non-hydrogen) atoms. The van der Waals surface area contributed by atoms with Crippen LogP contribution >= 0.6 is 15.9 Å². The number of esters is 2. The fourth-order valence-corrected chi connectivity index (χ4v) is 3.30. The largest absolute Gasteiger partial charge is 0.463 e. The molecule has 7 nitrogen and oxygen atoms in total. The second-order valence-electron chi connectivity index (χ2n) is 6.10. The zero-order valence-electron chi connectivity index (χ0n) is 14.2. The summed E-state index contributed by atoms with van der Waals surface area (Å²) in [6.07, 6.45) is 0.729. The monoisotopic (exact) mass is 422 g/mol. The van der Waals surface area contributed by atoms with E-state index in [4.69, 9.17) is 9.47 Å². The van der Waals surface area contributed by atoms with Gasteiger partial charge in [0.15, 0.2) is 0 Å². The van der Waals surface area contributed by atoms with Gasteiger partial charge in [-0.2, -0.15) is 0 Å². The van der Waals surface area contributed by atoms with E-state index in [2.05, 4.69) is 26.6 Å². The molecule has 0 bridgehead atoms. The summed E-state index contributed by atoms with van der Waals surface area (Å²) >= 11 is 3.42.